The van der Waals surface area contributed by atoms with Crippen molar-refractivity contribution in [2.24, 2.45) is 0 Å². The highest BCUT2D eigenvalue weighted by Crippen LogP contribution is 2.19. The number of benzene rings is 1. The van der Waals surface area contributed by atoms with Gasteiger partial charge in [-0.1, -0.05) is 26.0 Å². The van der Waals surface area contributed by atoms with E-state index < -0.39 is 0 Å². The van der Waals surface area contributed by atoms with Gasteiger partial charge < -0.3 is 10.1 Å². The lowest BCUT2D eigenvalue weighted by Gasteiger charge is -2.08. The van der Waals surface area contributed by atoms with Crippen LogP contribution in [-0.4, -0.2) is 11.0 Å². The van der Waals surface area contributed by atoms with Crippen molar-refractivity contribution in [1.29, 1.82) is 0 Å². The normalized spacial score (nSPS) is 10.7. The summed E-state index contributed by atoms with van der Waals surface area (Å²) in [5.74, 6) is 0.578. The molecule has 0 saturated carbocycles. The Balaban J connectivity index is 1.98. The van der Waals surface area contributed by atoms with E-state index in [0.29, 0.717) is 17.7 Å². The van der Waals surface area contributed by atoms with Crippen LogP contribution in [0, 0.1) is 5.82 Å². The van der Waals surface area contributed by atoms with Gasteiger partial charge in [0.25, 0.3) is 0 Å². The summed E-state index contributed by atoms with van der Waals surface area (Å²) in [6, 6.07) is 10.2. The third-order valence-corrected chi connectivity index (χ3v) is 2.53. The third-order valence-electron chi connectivity index (χ3n) is 2.53. The minimum Gasteiger partial charge on any atom is -0.439 e. The first-order valence-electron chi connectivity index (χ1n) is 6.25. The van der Waals surface area contributed by atoms with E-state index in [9.17, 15) is 4.39 Å². The molecular formula is C15H17FN2O. The topological polar surface area (TPSA) is 34.1 Å². The van der Waals surface area contributed by atoms with Crippen molar-refractivity contribution in [3.8, 4) is 11.6 Å². The predicted octanol–water partition coefficient (Wildman–Crippen LogP) is 3.51. The second-order valence-corrected chi connectivity index (χ2v) is 4.60. The van der Waals surface area contributed by atoms with Crippen LogP contribution < -0.4 is 10.1 Å². The van der Waals surface area contributed by atoms with E-state index in [-0.39, 0.29) is 5.82 Å². The number of hydrogen-bond acceptors (Lipinski definition) is 3. The second kappa shape index (κ2) is 6.29. The Morgan fingerprint density at radius 1 is 1.26 bits per heavy atom. The molecule has 3 nitrogen and oxygen atoms in total. The van der Waals surface area contributed by atoms with Gasteiger partial charge in [-0.15, -0.1) is 0 Å². The van der Waals surface area contributed by atoms with Crippen LogP contribution in [0.1, 0.15) is 19.4 Å². The van der Waals surface area contributed by atoms with Crippen molar-refractivity contribution < 1.29 is 9.13 Å². The molecule has 100 valence electrons. The summed E-state index contributed by atoms with van der Waals surface area (Å²) in [6.07, 6.45) is 1.75. The molecule has 4 heteroatoms. The molecule has 0 saturated heterocycles. The number of pyridine rings is 1. The van der Waals surface area contributed by atoms with E-state index in [4.69, 9.17) is 4.74 Å². The maximum atomic E-state index is 13.0. The van der Waals surface area contributed by atoms with E-state index in [0.717, 1.165) is 12.1 Å². The summed E-state index contributed by atoms with van der Waals surface area (Å²) in [4.78, 5) is 4.20. The van der Waals surface area contributed by atoms with Crippen molar-refractivity contribution in [2.45, 2.75) is 26.4 Å². The number of ether oxygens (including phenoxy) is 1. The smallest absolute Gasteiger partial charge is 0.219 e. The largest absolute Gasteiger partial charge is 0.439 e. The number of rotatable bonds is 5. The first kappa shape index (κ1) is 13.5. The highest BCUT2D eigenvalue weighted by Gasteiger charge is 2.01. The lowest BCUT2D eigenvalue weighted by molar-refractivity contribution is 0.457. The maximum absolute atomic E-state index is 13.0. The van der Waals surface area contributed by atoms with Crippen LogP contribution in [-0.2, 0) is 6.54 Å². The van der Waals surface area contributed by atoms with E-state index in [1.807, 2.05) is 6.07 Å². The number of nitrogens with one attached hydrogen (secondary N) is 1. The van der Waals surface area contributed by atoms with Gasteiger partial charge in [-0.2, -0.15) is 0 Å². The van der Waals surface area contributed by atoms with Crippen molar-refractivity contribution in [3.63, 3.8) is 0 Å². The summed E-state index contributed by atoms with van der Waals surface area (Å²) in [5.41, 5.74) is 1.08. The summed E-state index contributed by atoms with van der Waals surface area (Å²) < 4.78 is 18.5. The molecule has 1 aromatic heterocycles. The number of nitrogens with zero attached hydrogens (tertiary/aromatic N) is 1. The Morgan fingerprint density at radius 3 is 2.74 bits per heavy atom. The molecule has 1 heterocycles. The lowest BCUT2D eigenvalue weighted by atomic mass is 10.2. The number of aromatic nitrogens is 1. The van der Waals surface area contributed by atoms with Crippen LogP contribution in [0.4, 0.5) is 4.39 Å². The van der Waals surface area contributed by atoms with Gasteiger partial charge in [0.1, 0.15) is 11.6 Å². The summed E-state index contributed by atoms with van der Waals surface area (Å²) in [7, 11) is 0. The van der Waals surface area contributed by atoms with E-state index in [1.54, 1.807) is 24.4 Å². The highest BCUT2D eigenvalue weighted by atomic mass is 19.1. The van der Waals surface area contributed by atoms with Gasteiger partial charge in [-0.25, -0.2) is 9.37 Å². The van der Waals surface area contributed by atoms with Crippen LogP contribution in [0.5, 0.6) is 11.6 Å². The van der Waals surface area contributed by atoms with Crippen molar-refractivity contribution in [3.05, 3.63) is 54.0 Å². The average molecular weight is 260 g/mol. The van der Waals surface area contributed by atoms with Gasteiger partial charge >= 0.3 is 0 Å². The molecule has 0 amide bonds. The highest BCUT2D eigenvalue weighted by molar-refractivity contribution is 5.28. The zero-order valence-corrected chi connectivity index (χ0v) is 11.1. The molecule has 0 aliphatic rings. The van der Waals surface area contributed by atoms with Gasteiger partial charge in [-0.3, -0.25) is 0 Å². The van der Waals surface area contributed by atoms with E-state index in [2.05, 4.69) is 24.1 Å². The monoisotopic (exact) mass is 260 g/mol. The average Bonchev–Trinajstić information content (AvgIpc) is 2.38. The van der Waals surface area contributed by atoms with E-state index in [1.165, 1.54) is 12.1 Å². The Hall–Kier alpha value is -1.94. The van der Waals surface area contributed by atoms with Crippen LogP contribution in [0.2, 0.25) is 0 Å². The molecule has 0 fully saturated rings. The van der Waals surface area contributed by atoms with Crippen LogP contribution in [0.3, 0.4) is 0 Å². The Kier molecular flexibility index (Phi) is 4.47. The maximum Gasteiger partial charge on any atom is 0.219 e. The quantitative estimate of drug-likeness (QED) is 0.893. The van der Waals surface area contributed by atoms with Gasteiger partial charge in [0, 0.05) is 30.9 Å². The molecule has 2 rings (SSSR count). The Labute approximate surface area is 112 Å². The van der Waals surface area contributed by atoms with Crippen LogP contribution in [0.25, 0.3) is 0 Å². The Bertz CT molecular complexity index is 526. The van der Waals surface area contributed by atoms with Gasteiger partial charge in [0.05, 0.1) is 0 Å². The molecule has 1 N–H and O–H groups in total. The molecular weight excluding hydrogens is 243 g/mol. The molecule has 0 aliphatic carbocycles. The van der Waals surface area contributed by atoms with Crippen LogP contribution >= 0.6 is 0 Å². The number of halogens is 1. The zero-order valence-electron chi connectivity index (χ0n) is 11.1. The van der Waals surface area contributed by atoms with Crippen molar-refractivity contribution >= 4 is 0 Å². The molecule has 1 aromatic carbocycles. The third kappa shape index (κ3) is 4.34. The fourth-order valence-electron chi connectivity index (χ4n) is 1.55. The first-order chi connectivity index (χ1) is 9.13. The van der Waals surface area contributed by atoms with Crippen molar-refractivity contribution in [2.75, 3.05) is 0 Å². The Morgan fingerprint density at radius 2 is 2.11 bits per heavy atom. The van der Waals surface area contributed by atoms with Gasteiger partial charge in [0.15, 0.2) is 0 Å². The zero-order chi connectivity index (χ0) is 13.7. The molecule has 0 aliphatic heterocycles. The molecule has 0 radical (unpaired) electrons. The lowest BCUT2D eigenvalue weighted by Crippen LogP contribution is -2.21. The SMILES string of the molecule is CC(C)NCc1ccc(Oc2cccc(F)c2)nc1. The second-order valence-electron chi connectivity index (χ2n) is 4.60. The minimum atomic E-state index is -0.324. The minimum absolute atomic E-state index is 0.324. The number of hydrogen-bond donors (Lipinski definition) is 1. The summed E-state index contributed by atoms with van der Waals surface area (Å²) >= 11 is 0. The summed E-state index contributed by atoms with van der Waals surface area (Å²) in [6.45, 7) is 4.95. The molecule has 19 heavy (non-hydrogen) atoms. The van der Waals surface area contributed by atoms with Gasteiger partial charge in [-0.05, 0) is 17.7 Å². The van der Waals surface area contributed by atoms with Crippen LogP contribution in [0.15, 0.2) is 42.6 Å². The predicted molar refractivity (Wildman–Crippen MR) is 72.7 cm³/mol. The fourth-order valence-corrected chi connectivity index (χ4v) is 1.55. The molecule has 0 atom stereocenters. The molecule has 0 unspecified atom stereocenters. The first-order valence-corrected chi connectivity index (χ1v) is 6.25. The van der Waals surface area contributed by atoms with Gasteiger partial charge in [0.2, 0.25) is 5.88 Å². The van der Waals surface area contributed by atoms with Crippen molar-refractivity contribution in [1.82, 2.24) is 10.3 Å². The standard InChI is InChI=1S/C15H17FN2O/c1-11(2)17-9-12-6-7-15(18-10-12)19-14-5-3-4-13(16)8-14/h3-8,10-11,17H,9H2,1-2H3. The van der Waals surface area contributed by atoms with E-state index >= 15 is 0 Å². The molecule has 0 bridgehead atoms. The molecule has 0 spiro atoms. The summed E-state index contributed by atoms with van der Waals surface area (Å²) in [5, 5.41) is 3.31. The molecule has 2 aromatic rings. The fraction of sp³-hybridized carbons (Fsp3) is 0.267.